The van der Waals surface area contributed by atoms with E-state index < -0.39 is 79.2 Å². The number of anilines is 1. The second-order valence-corrected chi connectivity index (χ2v) is 18.9. The summed E-state index contributed by atoms with van der Waals surface area (Å²) in [6.45, 7) is 1.70. The van der Waals surface area contributed by atoms with Gasteiger partial charge in [-0.25, -0.2) is 9.78 Å². The van der Waals surface area contributed by atoms with Crippen LogP contribution in [0.15, 0.2) is 71.7 Å². The van der Waals surface area contributed by atoms with Gasteiger partial charge in [0.05, 0.1) is 23.3 Å². The summed E-state index contributed by atoms with van der Waals surface area (Å²) in [4.78, 5) is 89.9. The number of nitrogens with two attached hydrogens (primary N) is 1. The minimum Gasteiger partial charge on any atom is -0.449 e. The molecule has 68 heavy (non-hydrogen) atoms. The van der Waals surface area contributed by atoms with Gasteiger partial charge < -0.3 is 57.5 Å². The number of thioether (sulfide) groups is 1. The molecule has 0 radical (unpaired) electrons. The molecule has 3 aromatic carbocycles. The van der Waals surface area contributed by atoms with E-state index in [0.717, 1.165) is 39.9 Å². The second kappa shape index (κ2) is 24.9. The monoisotopic (exact) mass is 972 g/mol. The predicted octanol–water partition coefficient (Wildman–Crippen LogP) is 2.40. The van der Waals surface area contributed by atoms with Crippen molar-refractivity contribution in [2.24, 2.45) is 10.7 Å². The summed E-state index contributed by atoms with van der Waals surface area (Å²) >= 11 is 2.73. The van der Waals surface area contributed by atoms with E-state index in [1.54, 1.807) is 18.2 Å². The number of ether oxygens (including phenoxy) is 1. The third-order valence-electron chi connectivity index (χ3n) is 11.4. The number of fused-ring (bicyclic) bond motifs is 4. The Morgan fingerprint density at radius 2 is 1.47 bits per heavy atom. The van der Waals surface area contributed by atoms with Crippen molar-refractivity contribution >= 4 is 79.7 Å². The average Bonchev–Trinajstić information content (AvgIpc) is 4.06. The zero-order valence-electron chi connectivity index (χ0n) is 38.3. The van der Waals surface area contributed by atoms with Crippen molar-refractivity contribution in [1.29, 1.82) is 0 Å². The molecule has 4 aromatic rings. The van der Waals surface area contributed by atoms with Gasteiger partial charge >= 0.3 is 6.09 Å². The van der Waals surface area contributed by atoms with Gasteiger partial charge in [0.15, 0.2) is 6.29 Å². The minimum atomic E-state index is -1.56. The quantitative estimate of drug-likeness (QED) is 0.0361. The lowest BCUT2D eigenvalue weighted by Gasteiger charge is -2.21. The fourth-order valence-corrected chi connectivity index (χ4v) is 9.91. The summed E-state index contributed by atoms with van der Waals surface area (Å²) in [5.74, 6) is -2.81. The van der Waals surface area contributed by atoms with Crippen LogP contribution in [-0.2, 0) is 28.7 Å². The van der Waals surface area contributed by atoms with Crippen LogP contribution in [0.5, 0.6) is 0 Å². The number of nitrogens with one attached hydrogen (secondary N) is 6. The maximum Gasteiger partial charge on any atom is 0.407 e. The third kappa shape index (κ3) is 14.3. The number of aliphatic hydroxyl groups is 2. The lowest BCUT2D eigenvalue weighted by Crippen LogP contribution is -2.53. The summed E-state index contributed by atoms with van der Waals surface area (Å²) in [5, 5.41) is 36.0. The van der Waals surface area contributed by atoms with Gasteiger partial charge in [0, 0.05) is 17.4 Å². The Kier molecular flexibility index (Phi) is 18.8. The lowest BCUT2D eigenvalue weighted by molar-refractivity contribution is -0.131. The summed E-state index contributed by atoms with van der Waals surface area (Å²) < 4.78 is 6.45. The number of nitrogens with zero attached hydrogens (tertiary/aromatic N) is 3. The molecule has 2 aliphatic rings. The molecule has 364 valence electrons. The van der Waals surface area contributed by atoms with Gasteiger partial charge in [0.1, 0.15) is 40.8 Å². The van der Waals surface area contributed by atoms with Gasteiger partial charge in [-0.1, -0.05) is 48.5 Å². The van der Waals surface area contributed by atoms with E-state index in [1.165, 1.54) is 30.0 Å². The van der Waals surface area contributed by atoms with Gasteiger partial charge in [0.2, 0.25) is 29.5 Å². The van der Waals surface area contributed by atoms with Gasteiger partial charge in [-0.3, -0.25) is 29.0 Å². The zero-order valence-corrected chi connectivity index (χ0v) is 39.9. The normalized spacial score (nSPS) is 15.5. The summed E-state index contributed by atoms with van der Waals surface area (Å²) in [5.41, 5.74) is 11.1. The molecule has 4 atom stereocenters. The number of benzene rings is 3. The molecule has 0 saturated carbocycles. The molecule has 6 amide bonds. The minimum absolute atomic E-state index is 0.0664. The molecule has 0 fully saturated rings. The fourth-order valence-electron chi connectivity index (χ4n) is 7.76. The number of unbranched alkanes of at least 4 members (excludes halogenated alkanes) is 2. The first-order chi connectivity index (χ1) is 32.7. The standard InChI is InChI=1S/C47H60N10O9S2/c1-27(41(60)53-36(16-8-10-20-48)43(62)52-28-18-19-34-38(22-28)68-45(54-34)44-55-37(26-67-44)46(63)64)51-40(59)24-49-39(58)23-50-42(61)35(17-9-11-21-57(2)3)56-47(65)66-25-33-31-14-6-4-12-29(31)30-13-5-7-15-32(30)33/h4-7,12-15,18-19,22,27,33,35-37,46,63-64H,8-11,16-17,20-21,23-26,48H2,1-3H3,(H,49,58)(H,50,61)(H,51,59)(H,52,62)(H,53,60)(H,56,65)/t27-,35-,36-,37+/m0/s1. The number of hydrogen-bond donors (Lipinski definition) is 9. The van der Waals surface area contributed by atoms with E-state index in [2.05, 4.69) is 41.9 Å². The van der Waals surface area contributed by atoms with E-state index in [4.69, 9.17) is 10.5 Å². The first-order valence-electron chi connectivity index (χ1n) is 22.6. The van der Waals surface area contributed by atoms with Crippen molar-refractivity contribution in [1.82, 2.24) is 36.5 Å². The molecule has 2 heterocycles. The van der Waals surface area contributed by atoms with Crippen molar-refractivity contribution in [2.75, 3.05) is 58.0 Å². The first-order valence-corrected chi connectivity index (χ1v) is 24.4. The molecule has 0 unspecified atom stereocenters. The van der Waals surface area contributed by atoms with Gasteiger partial charge in [-0.15, -0.1) is 23.1 Å². The molecule has 1 aliphatic heterocycles. The topological polar surface area (TPSA) is 279 Å². The fraction of sp³-hybridized carbons (Fsp3) is 0.447. The lowest BCUT2D eigenvalue weighted by atomic mass is 9.98. The molecular formula is C47H60N10O9S2. The van der Waals surface area contributed by atoms with Crippen LogP contribution in [0.25, 0.3) is 21.3 Å². The third-order valence-corrected chi connectivity index (χ3v) is 13.6. The molecule has 0 spiro atoms. The van der Waals surface area contributed by atoms with Gasteiger partial charge in [-0.2, -0.15) is 0 Å². The van der Waals surface area contributed by atoms with Crippen molar-refractivity contribution < 1.29 is 43.7 Å². The number of alkyl carbamates (subject to hydrolysis) is 1. The number of carbonyl (C=O) groups is 6. The highest BCUT2D eigenvalue weighted by atomic mass is 32.2. The molecule has 1 aromatic heterocycles. The summed E-state index contributed by atoms with van der Waals surface area (Å²) in [6, 6.07) is 17.4. The average molecular weight is 973 g/mol. The van der Waals surface area contributed by atoms with Gasteiger partial charge in [-0.05, 0) is 113 Å². The van der Waals surface area contributed by atoms with Crippen molar-refractivity contribution in [2.45, 2.75) is 81.8 Å². The number of carbonyl (C=O) groups excluding carboxylic acids is 6. The number of aromatic nitrogens is 1. The highest BCUT2D eigenvalue weighted by molar-refractivity contribution is 8.15. The van der Waals surface area contributed by atoms with Crippen molar-refractivity contribution in [3.8, 4) is 11.1 Å². The number of aliphatic hydroxyl groups excluding tert-OH is 1. The zero-order chi connectivity index (χ0) is 48.7. The van der Waals surface area contributed by atoms with E-state index in [1.807, 2.05) is 67.5 Å². The van der Waals surface area contributed by atoms with Gasteiger partial charge in [0.25, 0.3) is 0 Å². The Morgan fingerprint density at radius 1 is 0.809 bits per heavy atom. The predicted molar refractivity (Wildman–Crippen MR) is 262 cm³/mol. The number of hydrogen-bond acceptors (Lipinski definition) is 15. The van der Waals surface area contributed by atoms with Crippen molar-refractivity contribution in [3.63, 3.8) is 0 Å². The SMILES string of the molecule is C[C@H](NC(=O)CNC(=O)CNC(=O)[C@H](CCCCN(C)C)NC(=O)OCC1c2ccccc2-c2ccccc21)C(=O)N[C@@H](CCCCN)C(=O)Nc1ccc2nc(C3=N[C@@H](C(O)O)CS3)sc2c1. The highest BCUT2D eigenvalue weighted by Gasteiger charge is 2.31. The molecule has 0 bridgehead atoms. The Hall–Kier alpha value is -5.97. The maximum absolute atomic E-state index is 13.5. The van der Waals surface area contributed by atoms with Crippen molar-refractivity contribution in [3.05, 3.63) is 82.9 Å². The molecular weight excluding hydrogens is 913 g/mol. The van der Waals surface area contributed by atoms with Crippen LogP contribution < -0.4 is 37.6 Å². The van der Waals surface area contributed by atoms with Crippen LogP contribution >= 0.6 is 23.1 Å². The molecule has 19 nitrogen and oxygen atoms in total. The van der Waals surface area contributed by atoms with Crippen LogP contribution in [0.3, 0.4) is 0 Å². The summed E-state index contributed by atoms with van der Waals surface area (Å²) in [6.07, 6.45) is 0.788. The number of thiazole rings is 1. The first kappa shape index (κ1) is 51.4. The molecule has 0 saturated heterocycles. The summed E-state index contributed by atoms with van der Waals surface area (Å²) in [7, 11) is 3.88. The van der Waals surface area contributed by atoms with Crippen LogP contribution in [0.1, 0.15) is 67.5 Å². The smallest absolute Gasteiger partial charge is 0.407 e. The number of rotatable bonds is 24. The molecule has 21 heteroatoms. The molecule has 10 N–H and O–H groups in total. The van der Waals surface area contributed by atoms with E-state index in [9.17, 15) is 39.0 Å². The Bertz CT molecular complexity index is 2420. The molecule has 6 rings (SSSR count). The largest absolute Gasteiger partial charge is 0.449 e. The van der Waals surface area contributed by atoms with Crippen LogP contribution in [-0.4, -0.2) is 144 Å². The van der Waals surface area contributed by atoms with E-state index in [-0.39, 0.29) is 18.9 Å². The number of aliphatic imine (C=N–C) groups is 1. The van der Waals surface area contributed by atoms with Crippen LogP contribution in [0, 0.1) is 0 Å². The Balaban J connectivity index is 0.955. The second-order valence-electron chi connectivity index (χ2n) is 16.9. The van der Waals surface area contributed by atoms with Crippen LogP contribution in [0.2, 0.25) is 0 Å². The highest BCUT2D eigenvalue weighted by Crippen LogP contribution is 2.44. The van der Waals surface area contributed by atoms with E-state index in [0.29, 0.717) is 59.2 Å². The maximum atomic E-state index is 13.5. The Labute approximate surface area is 402 Å². The van der Waals surface area contributed by atoms with E-state index >= 15 is 0 Å². The molecule has 1 aliphatic carbocycles. The van der Waals surface area contributed by atoms with Crippen LogP contribution in [0.4, 0.5) is 10.5 Å². The Morgan fingerprint density at radius 3 is 2.13 bits per heavy atom. The number of amides is 6.